The van der Waals surface area contributed by atoms with Crippen molar-refractivity contribution >= 4 is 23.0 Å². The Bertz CT molecular complexity index is 1250. The second-order valence-corrected chi connectivity index (χ2v) is 9.12. The highest BCUT2D eigenvalue weighted by molar-refractivity contribution is 6.02. The third-order valence-electron chi connectivity index (χ3n) is 6.03. The zero-order chi connectivity index (χ0) is 24.2. The third kappa shape index (κ3) is 5.23. The molecule has 0 aliphatic rings. The summed E-state index contributed by atoms with van der Waals surface area (Å²) < 4.78 is 5.89. The van der Waals surface area contributed by atoms with Crippen LogP contribution < -0.4 is 10.2 Å². The quantitative estimate of drug-likeness (QED) is 0.314. The lowest BCUT2D eigenvalue weighted by atomic mass is 9.97. The van der Waals surface area contributed by atoms with Gasteiger partial charge in [-0.15, -0.1) is 0 Å². The standard InChI is InChI=1S/C30H32N2O2/c1-20(2)32(25-9-7-6-8-10-25)26-13-11-24(12-14-26)31-30(33)29-16-15-27(34-29)19-28-22(4)17-21(3)18-23(28)5/h6-18,20H,19H2,1-5H3,(H,31,33). The topological polar surface area (TPSA) is 45.5 Å². The summed E-state index contributed by atoms with van der Waals surface area (Å²) in [5.74, 6) is 0.848. The molecular formula is C30H32N2O2. The molecule has 0 spiro atoms. The molecule has 3 aromatic carbocycles. The van der Waals surface area contributed by atoms with Crippen molar-refractivity contribution in [1.29, 1.82) is 0 Å². The number of rotatable bonds is 7. The molecule has 0 saturated heterocycles. The van der Waals surface area contributed by atoms with Gasteiger partial charge in [-0.05, 0) is 99.8 Å². The Hall–Kier alpha value is -3.79. The molecule has 0 bridgehead atoms. The average molecular weight is 453 g/mol. The van der Waals surface area contributed by atoms with Crippen molar-refractivity contribution in [2.24, 2.45) is 0 Å². The second kappa shape index (κ2) is 10.0. The maximum absolute atomic E-state index is 12.8. The maximum Gasteiger partial charge on any atom is 0.291 e. The van der Waals surface area contributed by atoms with E-state index in [0.29, 0.717) is 18.2 Å². The summed E-state index contributed by atoms with van der Waals surface area (Å²) in [6, 6.07) is 26.5. The van der Waals surface area contributed by atoms with Gasteiger partial charge in [0.25, 0.3) is 5.91 Å². The molecule has 34 heavy (non-hydrogen) atoms. The van der Waals surface area contributed by atoms with E-state index in [1.54, 1.807) is 6.07 Å². The van der Waals surface area contributed by atoms with Gasteiger partial charge < -0.3 is 14.6 Å². The van der Waals surface area contributed by atoms with Gasteiger partial charge in [-0.25, -0.2) is 0 Å². The first-order chi connectivity index (χ1) is 16.3. The summed E-state index contributed by atoms with van der Waals surface area (Å²) in [5, 5.41) is 2.95. The number of para-hydroxylation sites is 1. The number of nitrogens with one attached hydrogen (secondary N) is 1. The normalized spacial score (nSPS) is 11.0. The molecule has 0 unspecified atom stereocenters. The Balaban J connectivity index is 1.45. The van der Waals surface area contributed by atoms with E-state index in [9.17, 15) is 4.79 Å². The Labute approximate surface area is 202 Å². The molecule has 4 aromatic rings. The molecule has 0 radical (unpaired) electrons. The first-order valence-electron chi connectivity index (χ1n) is 11.7. The van der Waals surface area contributed by atoms with Crippen molar-refractivity contribution in [3.63, 3.8) is 0 Å². The van der Waals surface area contributed by atoms with Crippen LogP contribution in [0, 0.1) is 20.8 Å². The van der Waals surface area contributed by atoms with Crippen LogP contribution in [0.15, 0.2) is 83.3 Å². The van der Waals surface area contributed by atoms with Crippen LogP contribution in [0.3, 0.4) is 0 Å². The fourth-order valence-electron chi connectivity index (χ4n) is 4.49. The first kappa shape index (κ1) is 23.4. The number of carbonyl (C=O) groups excluding carboxylic acids is 1. The molecule has 174 valence electrons. The number of amides is 1. The molecule has 1 amide bonds. The first-order valence-corrected chi connectivity index (χ1v) is 11.7. The smallest absolute Gasteiger partial charge is 0.291 e. The van der Waals surface area contributed by atoms with E-state index in [1.807, 2.05) is 48.5 Å². The van der Waals surface area contributed by atoms with Crippen LogP contribution in [0.2, 0.25) is 0 Å². The maximum atomic E-state index is 12.8. The van der Waals surface area contributed by atoms with Crippen molar-refractivity contribution in [2.45, 2.75) is 47.1 Å². The number of hydrogen-bond donors (Lipinski definition) is 1. The summed E-state index contributed by atoms with van der Waals surface area (Å²) in [6.07, 6.45) is 0.671. The lowest BCUT2D eigenvalue weighted by Gasteiger charge is -2.29. The van der Waals surface area contributed by atoms with Crippen molar-refractivity contribution in [3.8, 4) is 0 Å². The van der Waals surface area contributed by atoms with Gasteiger partial charge >= 0.3 is 0 Å². The molecule has 4 heteroatoms. The SMILES string of the molecule is Cc1cc(C)c(Cc2ccc(C(=O)Nc3ccc(N(c4ccccc4)C(C)C)cc3)o2)c(C)c1. The van der Waals surface area contributed by atoms with Gasteiger partial charge in [-0.2, -0.15) is 0 Å². The number of hydrogen-bond acceptors (Lipinski definition) is 3. The van der Waals surface area contributed by atoms with Crippen LogP contribution in [-0.2, 0) is 6.42 Å². The van der Waals surface area contributed by atoms with Crippen LogP contribution in [0.1, 0.15) is 52.4 Å². The highest BCUT2D eigenvalue weighted by atomic mass is 16.3. The number of anilines is 3. The minimum Gasteiger partial charge on any atom is -0.456 e. The van der Waals surface area contributed by atoms with Gasteiger partial charge in [-0.1, -0.05) is 35.9 Å². The van der Waals surface area contributed by atoms with Crippen molar-refractivity contribution in [1.82, 2.24) is 0 Å². The lowest BCUT2D eigenvalue weighted by molar-refractivity contribution is 0.0995. The molecule has 4 nitrogen and oxygen atoms in total. The summed E-state index contributed by atoms with van der Waals surface area (Å²) in [5.41, 5.74) is 7.92. The van der Waals surface area contributed by atoms with Gasteiger partial charge in [0, 0.05) is 29.5 Å². The molecule has 0 aliphatic heterocycles. The van der Waals surface area contributed by atoms with Gasteiger partial charge in [0.2, 0.25) is 0 Å². The minimum absolute atomic E-state index is 0.250. The molecule has 1 heterocycles. The van der Waals surface area contributed by atoms with E-state index in [-0.39, 0.29) is 5.91 Å². The highest BCUT2D eigenvalue weighted by Crippen LogP contribution is 2.29. The van der Waals surface area contributed by atoms with Crippen molar-refractivity contribution < 1.29 is 9.21 Å². The van der Waals surface area contributed by atoms with Crippen LogP contribution in [0.5, 0.6) is 0 Å². The molecule has 4 rings (SSSR count). The Kier molecular flexibility index (Phi) is 6.87. The molecule has 0 fully saturated rings. The fraction of sp³-hybridized carbons (Fsp3) is 0.233. The monoisotopic (exact) mass is 452 g/mol. The van der Waals surface area contributed by atoms with E-state index in [0.717, 1.165) is 22.8 Å². The highest BCUT2D eigenvalue weighted by Gasteiger charge is 2.15. The van der Waals surface area contributed by atoms with Crippen molar-refractivity contribution in [3.05, 3.63) is 113 Å². The fourth-order valence-corrected chi connectivity index (χ4v) is 4.49. The summed E-state index contributed by atoms with van der Waals surface area (Å²) in [6.45, 7) is 10.7. The van der Waals surface area contributed by atoms with E-state index in [2.05, 4.69) is 69.1 Å². The van der Waals surface area contributed by atoms with Gasteiger partial charge in [0.15, 0.2) is 5.76 Å². The Morgan fingerprint density at radius 1 is 0.853 bits per heavy atom. The number of carbonyl (C=O) groups is 1. The average Bonchev–Trinajstić information content (AvgIpc) is 3.27. The Morgan fingerprint density at radius 3 is 2.09 bits per heavy atom. The summed E-state index contributed by atoms with van der Waals surface area (Å²) in [4.78, 5) is 15.1. The van der Waals surface area contributed by atoms with E-state index in [4.69, 9.17) is 4.42 Å². The number of furan rings is 1. The summed E-state index contributed by atoms with van der Waals surface area (Å²) >= 11 is 0. The molecule has 0 saturated carbocycles. The second-order valence-electron chi connectivity index (χ2n) is 9.12. The van der Waals surface area contributed by atoms with Gasteiger partial charge in [0.1, 0.15) is 5.76 Å². The minimum atomic E-state index is -0.250. The van der Waals surface area contributed by atoms with E-state index >= 15 is 0 Å². The number of aryl methyl sites for hydroxylation is 3. The predicted octanol–water partition coefficient (Wildman–Crippen LogP) is 7.59. The third-order valence-corrected chi connectivity index (χ3v) is 6.03. The molecule has 1 aromatic heterocycles. The zero-order valence-corrected chi connectivity index (χ0v) is 20.6. The van der Waals surface area contributed by atoms with Crippen LogP contribution in [0.25, 0.3) is 0 Å². The predicted molar refractivity (Wildman–Crippen MR) is 140 cm³/mol. The van der Waals surface area contributed by atoms with Crippen LogP contribution in [-0.4, -0.2) is 11.9 Å². The Morgan fingerprint density at radius 2 is 1.47 bits per heavy atom. The molecule has 0 aliphatic carbocycles. The van der Waals surface area contributed by atoms with E-state index < -0.39 is 0 Å². The lowest BCUT2D eigenvalue weighted by Crippen LogP contribution is -2.25. The zero-order valence-electron chi connectivity index (χ0n) is 20.6. The largest absolute Gasteiger partial charge is 0.456 e. The molecule has 1 N–H and O–H groups in total. The van der Waals surface area contributed by atoms with Crippen molar-refractivity contribution in [2.75, 3.05) is 10.2 Å². The van der Waals surface area contributed by atoms with E-state index in [1.165, 1.54) is 22.3 Å². The number of benzene rings is 3. The van der Waals surface area contributed by atoms with Crippen LogP contribution >= 0.6 is 0 Å². The van der Waals surface area contributed by atoms with Crippen LogP contribution in [0.4, 0.5) is 17.1 Å². The summed E-state index contributed by atoms with van der Waals surface area (Å²) in [7, 11) is 0. The molecular weight excluding hydrogens is 420 g/mol. The van der Waals surface area contributed by atoms with Gasteiger partial charge in [0.05, 0.1) is 0 Å². The van der Waals surface area contributed by atoms with Gasteiger partial charge in [-0.3, -0.25) is 4.79 Å². The number of nitrogens with zero attached hydrogens (tertiary/aromatic N) is 1. The molecule has 0 atom stereocenters.